The van der Waals surface area contributed by atoms with Gasteiger partial charge in [-0.2, -0.15) is 0 Å². The summed E-state index contributed by atoms with van der Waals surface area (Å²) in [7, 11) is 0. The van der Waals surface area contributed by atoms with E-state index >= 15 is 0 Å². The van der Waals surface area contributed by atoms with Crippen LogP contribution in [0.5, 0.6) is 0 Å². The number of halogens is 1. The van der Waals surface area contributed by atoms with Crippen molar-refractivity contribution in [1.29, 1.82) is 0 Å². The highest BCUT2D eigenvalue weighted by Gasteiger charge is 2.59. The van der Waals surface area contributed by atoms with Crippen molar-refractivity contribution in [3.63, 3.8) is 0 Å². The number of fused-ring (bicyclic) bond motifs is 1. The number of allylic oxidation sites excluding steroid dienone is 3. The lowest BCUT2D eigenvalue weighted by atomic mass is 10.0. The maximum absolute atomic E-state index is 7.40. The maximum Gasteiger partial charge on any atom is 0.249 e. The molecule has 0 bridgehead atoms. The highest BCUT2D eigenvalue weighted by molar-refractivity contribution is 9.09. The first-order valence-electron chi connectivity index (χ1n) is 3.41. The Morgan fingerprint density at radius 2 is 2.40 bits per heavy atom. The van der Waals surface area contributed by atoms with E-state index in [-0.39, 0.29) is 5.41 Å². The van der Waals surface area contributed by atoms with E-state index in [1.54, 1.807) is 0 Å². The van der Waals surface area contributed by atoms with E-state index in [4.69, 9.17) is 5.11 Å². The molecule has 2 N–H and O–H groups in total. The van der Waals surface area contributed by atoms with Crippen molar-refractivity contribution in [2.75, 3.05) is 0 Å². The molecule has 0 heterocycles. The van der Waals surface area contributed by atoms with Crippen molar-refractivity contribution >= 4 is 15.9 Å². The van der Waals surface area contributed by atoms with E-state index in [0.717, 1.165) is 0 Å². The minimum absolute atomic E-state index is 0.256. The molecule has 0 aromatic rings. The van der Waals surface area contributed by atoms with Crippen LogP contribution in [-0.4, -0.2) is 9.93 Å². The Labute approximate surface area is 68.6 Å². The molecule has 1 saturated carbocycles. The Hall–Kier alpha value is -0.240. The van der Waals surface area contributed by atoms with E-state index in [1.165, 1.54) is 0 Å². The fraction of sp³-hybridized carbons (Fsp3) is 0.500. The number of rotatable bonds is 0. The van der Waals surface area contributed by atoms with Crippen molar-refractivity contribution in [3.05, 3.63) is 24.0 Å². The Morgan fingerprint density at radius 3 is 2.90 bits per heavy atom. The quantitative estimate of drug-likeness (QED) is 0.420. The fourth-order valence-corrected chi connectivity index (χ4v) is 2.61. The summed E-state index contributed by atoms with van der Waals surface area (Å²) in [5.74, 6) is 1.29. The molecule has 2 aliphatic rings. The van der Waals surface area contributed by atoms with Crippen LogP contribution in [0.4, 0.5) is 0 Å². The molecule has 1 unspecified atom stereocenters. The van der Waals surface area contributed by atoms with Crippen LogP contribution in [-0.2, 0) is 0 Å². The van der Waals surface area contributed by atoms with Gasteiger partial charge in [0.05, 0.1) is 0 Å². The van der Waals surface area contributed by atoms with E-state index in [0.29, 0.717) is 16.5 Å². The van der Waals surface area contributed by atoms with Gasteiger partial charge < -0.3 is 5.11 Å². The van der Waals surface area contributed by atoms with Gasteiger partial charge in [0.15, 0.2) is 0 Å². The van der Waals surface area contributed by atoms with Gasteiger partial charge >= 0.3 is 0 Å². The zero-order chi connectivity index (χ0) is 7.35. The molecule has 2 heteroatoms. The highest BCUT2D eigenvalue weighted by Crippen LogP contribution is 2.60. The largest absolute Gasteiger partial charge is 0.594 e. The molecule has 0 aromatic carbocycles. The summed E-state index contributed by atoms with van der Waals surface area (Å²) >= 11 is 3.58. The first kappa shape index (κ1) is 6.47. The molecule has 2 rings (SSSR count). The van der Waals surface area contributed by atoms with Crippen LogP contribution >= 0.6 is 15.9 Å². The average Bonchev–Trinajstić information content (AvgIpc) is 2.35. The number of hydrogen-bond donors (Lipinski definition) is 0. The second-order valence-electron chi connectivity index (χ2n) is 3.25. The zero-order valence-electron chi connectivity index (χ0n) is 5.76. The SMILES string of the molecule is C[C@]12C=C([OH2+])C=C[C@@H]1C2Br. The molecule has 1 nitrogen and oxygen atoms in total. The van der Waals surface area contributed by atoms with Crippen LogP contribution < -0.4 is 0 Å². The van der Waals surface area contributed by atoms with E-state index in [1.807, 2.05) is 12.2 Å². The molecule has 2 aliphatic carbocycles. The standard InChI is InChI=1S/C8H9BrO/c1-8-4-5(10)2-3-6(8)7(8)9/h2-4,6-7,10H,1H3/p+1/t6-,7?,8+/m1/s1. The van der Waals surface area contributed by atoms with Crippen molar-refractivity contribution < 1.29 is 5.11 Å². The van der Waals surface area contributed by atoms with Crippen LogP contribution in [0.3, 0.4) is 0 Å². The number of hydrogen-bond acceptors (Lipinski definition) is 0. The molecular formula is C8H10BrO+. The lowest BCUT2D eigenvalue weighted by Crippen LogP contribution is -1.98. The van der Waals surface area contributed by atoms with Gasteiger partial charge in [-0.05, 0) is 0 Å². The predicted octanol–water partition coefficient (Wildman–Crippen LogP) is 1.56. The predicted molar refractivity (Wildman–Crippen MR) is 45.1 cm³/mol. The van der Waals surface area contributed by atoms with Crippen molar-refractivity contribution in [3.8, 4) is 0 Å². The third-order valence-electron chi connectivity index (χ3n) is 2.47. The third kappa shape index (κ3) is 0.628. The Kier molecular flexibility index (Phi) is 1.08. The normalized spacial score (nSPS) is 50.0. The minimum Gasteiger partial charge on any atom is -0.594 e. The molecule has 0 aliphatic heterocycles. The second kappa shape index (κ2) is 1.67. The van der Waals surface area contributed by atoms with Crippen LogP contribution in [0, 0.1) is 11.3 Å². The summed E-state index contributed by atoms with van der Waals surface area (Å²) in [6, 6.07) is 0. The van der Waals surface area contributed by atoms with E-state index in [9.17, 15) is 0 Å². The fourth-order valence-electron chi connectivity index (χ4n) is 1.58. The van der Waals surface area contributed by atoms with Gasteiger partial charge in [0.2, 0.25) is 5.76 Å². The smallest absolute Gasteiger partial charge is 0.249 e. The van der Waals surface area contributed by atoms with Gasteiger partial charge in [0, 0.05) is 28.3 Å². The summed E-state index contributed by atoms with van der Waals surface area (Å²) < 4.78 is 0. The van der Waals surface area contributed by atoms with Gasteiger partial charge in [-0.1, -0.05) is 28.9 Å². The average molecular weight is 202 g/mol. The molecule has 54 valence electrons. The van der Waals surface area contributed by atoms with Gasteiger partial charge in [-0.3, -0.25) is 0 Å². The molecule has 1 fully saturated rings. The first-order valence-corrected chi connectivity index (χ1v) is 4.33. The van der Waals surface area contributed by atoms with E-state index in [2.05, 4.69) is 28.9 Å². The topological polar surface area (TPSA) is 22.9 Å². The summed E-state index contributed by atoms with van der Waals surface area (Å²) in [5.41, 5.74) is 0.256. The third-order valence-corrected chi connectivity index (χ3v) is 4.02. The zero-order valence-corrected chi connectivity index (χ0v) is 7.35. The summed E-state index contributed by atoms with van der Waals surface area (Å²) in [4.78, 5) is 0.569. The first-order chi connectivity index (χ1) is 4.64. The summed E-state index contributed by atoms with van der Waals surface area (Å²) in [6.45, 7) is 2.19. The van der Waals surface area contributed by atoms with Crippen LogP contribution in [0.15, 0.2) is 24.0 Å². The highest BCUT2D eigenvalue weighted by atomic mass is 79.9. The lowest BCUT2D eigenvalue weighted by Gasteiger charge is -2.03. The van der Waals surface area contributed by atoms with Gasteiger partial charge in [-0.25, -0.2) is 0 Å². The molecule has 0 spiro atoms. The maximum atomic E-state index is 7.40. The molecular weight excluding hydrogens is 192 g/mol. The molecule has 0 amide bonds. The van der Waals surface area contributed by atoms with Crippen molar-refractivity contribution in [1.82, 2.24) is 0 Å². The van der Waals surface area contributed by atoms with Crippen LogP contribution in [0.25, 0.3) is 0 Å². The molecule has 10 heavy (non-hydrogen) atoms. The van der Waals surface area contributed by atoms with Crippen LogP contribution in [0.2, 0.25) is 0 Å². The van der Waals surface area contributed by atoms with Crippen LogP contribution in [0.1, 0.15) is 6.92 Å². The van der Waals surface area contributed by atoms with Gasteiger partial charge in [0.1, 0.15) is 0 Å². The van der Waals surface area contributed by atoms with Crippen molar-refractivity contribution in [2.24, 2.45) is 11.3 Å². The summed E-state index contributed by atoms with van der Waals surface area (Å²) in [6.07, 6.45) is 6.05. The molecule has 0 aromatic heterocycles. The second-order valence-corrected chi connectivity index (χ2v) is 4.24. The summed E-state index contributed by atoms with van der Waals surface area (Å²) in [5, 5.41) is 7.40. The molecule has 0 saturated heterocycles. The van der Waals surface area contributed by atoms with Gasteiger partial charge in [0.25, 0.3) is 0 Å². The molecule has 0 radical (unpaired) electrons. The Bertz CT molecular complexity index is 231. The monoisotopic (exact) mass is 201 g/mol. The van der Waals surface area contributed by atoms with Crippen molar-refractivity contribution in [2.45, 2.75) is 11.8 Å². The Morgan fingerprint density at radius 1 is 1.70 bits per heavy atom. The van der Waals surface area contributed by atoms with E-state index < -0.39 is 0 Å². The molecule has 3 atom stereocenters. The minimum atomic E-state index is 0.256. The lowest BCUT2D eigenvalue weighted by molar-refractivity contribution is 0.417. The Balaban J connectivity index is 2.35. The van der Waals surface area contributed by atoms with Gasteiger partial charge in [-0.15, -0.1) is 0 Å². The number of alkyl halides is 1.